The molecule has 2 heterocycles. The zero-order valence-electron chi connectivity index (χ0n) is 9.31. The Kier molecular flexibility index (Phi) is 2.44. The molecule has 0 saturated carbocycles. The largest absolute Gasteiger partial charge is 0.385 e. The van der Waals surface area contributed by atoms with E-state index in [1.54, 1.807) is 6.07 Å². The number of rotatable bonds is 1. The smallest absolute Gasteiger partial charge is 0.138 e. The number of halogens is 1. The first-order valence-corrected chi connectivity index (χ1v) is 5.75. The van der Waals surface area contributed by atoms with Gasteiger partial charge in [-0.3, -0.25) is 0 Å². The third-order valence-electron chi connectivity index (χ3n) is 3.10. The molecule has 1 N–H and O–H groups in total. The van der Waals surface area contributed by atoms with Crippen LogP contribution in [0.15, 0.2) is 30.5 Å². The van der Waals surface area contributed by atoms with Crippen molar-refractivity contribution in [2.75, 3.05) is 0 Å². The van der Waals surface area contributed by atoms with Gasteiger partial charge in [0.2, 0.25) is 0 Å². The predicted molar refractivity (Wildman–Crippen MR) is 61.8 cm³/mol. The summed E-state index contributed by atoms with van der Waals surface area (Å²) in [6.45, 7) is 0.870. The van der Waals surface area contributed by atoms with Crippen molar-refractivity contribution >= 4 is 0 Å². The van der Waals surface area contributed by atoms with Crippen LogP contribution in [0.5, 0.6) is 0 Å². The van der Waals surface area contributed by atoms with Crippen LogP contribution in [-0.4, -0.2) is 14.7 Å². The Morgan fingerprint density at radius 1 is 1.41 bits per heavy atom. The number of aromatic nitrogens is 2. The zero-order valence-corrected chi connectivity index (χ0v) is 9.31. The van der Waals surface area contributed by atoms with E-state index < -0.39 is 6.10 Å². The van der Waals surface area contributed by atoms with E-state index in [-0.39, 0.29) is 5.82 Å². The van der Waals surface area contributed by atoms with Gasteiger partial charge in [-0.05, 0) is 25.0 Å². The van der Waals surface area contributed by atoms with Gasteiger partial charge in [0.25, 0.3) is 0 Å². The first-order valence-electron chi connectivity index (χ1n) is 5.75. The predicted octanol–water partition coefficient (Wildman–Crippen LogP) is 2.52. The summed E-state index contributed by atoms with van der Waals surface area (Å²) in [6.07, 6.45) is 3.09. The highest BCUT2D eigenvalue weighted by molar-refractivity contribution is 5.58. The highest BCUT2D eigenvalue weighted by atomic mass is 19.1. The van der Waals surface area contributed by atoms with E-state index in [4.69, 9.17) is 0 Å². The molecule has 3 rings (SSSR count). The number of aliphatic hydroxyl groups excluding tert-OH is 1. The standard InChI is InChI=1S/C13H13FN2O/c14-10-4-1-3-9(7-10)11-8-16-6-2-5-12(17)13(16)15-11/h1,3-4,7-8,12,17H,2,5-6H2. The number of aliphatic hydroxyl groups is 1. The van der Waals surface area contributed by atoms with E-state index in [9.17, 15) is 9.50 Å². The van der Waals surface area contributed by atoms with Crippen LogP contribution in [0.3, 0.4) is 0 Å². The molecule has 17 heavy (non-hydrogen) atoms. The monoisotopic (exact) mass is 232 g/mol. The summed E-state index contributed by atoms with van der Waals surface area (Å²) in [5.41, 5.74) is 1.47. The topological polar surface area (TPSA) is 38.0 Å². The lowest BCUT2D eigenvalue weighted by atomic mass is 10.1. The van der Waals surface area contributed by atoms with E-state index in [2.05, 4.69) is 4.98 Å². The maximum atomic E-state index is 13.1. The molecule has 1 aromatic heterocycles. The van der Waals surface area contributed by atoms with Crippen LogP contribution >= 0.6 is 0 Å². The van der Waals surface area contributed by atoms with Crippen molar-refractivity contribution in [3.05, 3.63) is 42.1 Å². The second-order valence-electron chi connectivity index (χ2n) is 4.35. The SMILES string of the molecule is OC1CCCn2cc(-c3cccc(F)c3)nc21. The lowest BCUT2D eigenvalue weighted by molar-refractivity contribution is 0.134. The first kappa shape index (κ1) is 10.5. The van der Waals surface area contributed by atoms with Crippen LogP contribution in [0.25, 0.3) is 11.3 Å². The third-order valence-corrected chi connectivity index (χ3v) is 3.10. The minimum Gasteiger partial charge on any atom is -0.385 e. The van der Waals surface area contributed by atoms with Gasteiger partial charge in [-0.15, -0.1) is 0 Å². The number of aryl methyl sites for hydroxylation is 1. The number of imidazole rings is 1. The second kappa shape index (κ2) is 3.96. The van der Waals surface area contributed by atoms with E-state index >= 15 is 0 Å². The summed E-state index contributed by atoms with van der Waals surface area (Å²) in [5.74, 6) is 0.421. The van der Waals surface area contributed by atoms with E-state index in [1.165, 1.54) is 12.1 Å². The minimum atomic E-state index is -0.494. The Labute approximate surface area is 98.5 Å². The molecule has 0 spiro atoms. The molecule has 1 aliphatic rings. The molecule has 0 aliphatic carbocycles. The highest BCUT2D eigenvalue weighted by Gasteiger charge is 2.21. The molecule has 0 saturated heterocycles. The Morgan fingerprint density at radius 3 is 3.06 bits per heavy atom. The number of hydrogen-bond acceptors (Lipinski definition) is 2. The average molecular weight is 232 g/mol. The summed E-state index contributed by atoms with van der Waals surface area (Å²) < 4.78 is 15.1. The molecule has 4 heteroatoms. The maximum absolute atomic E-state index is 13.1. The molecule has 0 radical (unpaired) electrons. The summed E-state index contributed by atoms with van der Waals surface area (Å²) >= 11 is 0. The van der Waals surface area contributed by atoms with Gasteiger partial charge in [0.15, 0.2) is 0 Å². The molecule has 1 aliphatic heterocycles. The Balaban J connectivity index is 2.05. The van der Waals surface area contributed by atoms with Crippen molar-refractivity contribution < 1.29 is 9.50 Å². The molecule has 3 nitrogen and oxygen atoms in total. The molecular formula is C13H13FN2O. The van der Waals surface area contributed by atoms with Crippen LogP contribution in [0.2, 0.25) is 0 Å². The molecule has 0 fully saturated rings. The van der Waals surface area contributed by atoms with Gasteiger partial charge in [-0.1, -0.05) is 12.1 Å². The van der Waals surface area contributed by atoms with Gasteiger partial charge in [-0.2, -0.15) is 0 Å². The number of fused-ring (bicyclic) bond motifs is 1. The number of nitrogens with zero attached hydrogens (tertiary/aromatic N) is 2. The van der Waals surface area contributed by atoms with Crippen molar-refractivity contribution in [1.29, 1.82) is 0 Å². The maximum Gasteiger partial charge on any atom is 0.138 e. The van der Waals surface area contributed by atoms with Gasteiger partial charge in [0, 0.05) is 18.3 Å². The quantitative estimate of drug-likeness (QED) is 0.820. The Morgan fingerprint density at radius 2 is 2.29 bits per heavy atom. The van der Waals surface area contributed by atoms with E-state index in [0.717, 1.165) is 30.6 Å². The highest BCUT2D eigenvalue weighted by Crippen LogP contribution is 2.28. The van der Waals surface area contributed by atoms with Crippen LogP contribution in [-0.2, 0) is 6.54 Å². The summed E-state index contributed by atoms with van der Waals surface area (Å²) in [4.78, 5) is 4.39. The molecule has 2 aromatic rings. The number of hydrogen-bond donors (Lipinski definition) is 1. The Hall–Kier alpha value is -1.68. The number of benzene rings is 1. The lowest BCUT2D eigenvalue weighted by Crippen LogP contribution is -2.14. The Bertz CT molecular complexity index is 550. The minimum absolute atomic E-state index is 0.269. The van der Waals surface area contributed by atoms with Gasteiger partial charge in [0.05, 0.1) is 5.69 Å². The van der Waals surface area contributed by atoms with Crippen molar-refractivity contribution in [3.8, 4) is 11.3 Å². The third kappa shape index (κ3) is 1.85. The fraction of sp³-hybridized carbons (Fsp3) is 0.308. The molecular weight excluding hydrogens is 219 g/mol. The molecule has 1 aromatic carbocycles. The molecule has 88 valence electrons. The molecule has 0 bridgehead atoms. The average Bonchev–Trinajstić information content (AvgIpc) is 2.74. The lowest BCUT2D eigenvalue weighted by Gasteiger charge is -2.18. The molecule has 1 unspecified atom stereocenters. The summed E-state index contributed by atoms with van der Waals surface area (Å²) in [7, 11) is 0. The molecule has 0 amide bonds. The van der Waals surface area contributed by atoms with E-state index in [0.29, 0.717) is 5.82 Å². The van der Waals surface area contributed by atoms with Gasteiger partial charge >= 0.3 is 0 Å². The van der Waals surface area contributed by atoms with Gasteiger partial charge in [0.1, 0.15) is 17.7 Å². The normalized spacial score (nSPS) is 19.1. The van der Waals surface area contributed by atoms with Crippen molar-refractivity contribution in [3.63, 3.8) is 0 Å². The van der Waals surface area contributed by atoms with Crippen molar-refractivity contribution in [2.24, 2.45) is 0 Å². The fourth-order valence-corrected chi connectivity index (χ4v) is 2.25. The van der Waals surface area contributed by atoms with Gasteiger partial charge in [-0.25, -0.2) is 9.37 Å². The first-order chi connectivity index (χ1) is 8.24. The molecule has 1 atom stereocenters. The van der Waals surface area contributed by atoms with E-state index in [1.807, 2.05) is 16.8 Å². The summed E-state index contributed by atoms with van der Waals surface area (Å²) in [5, 5.41) is 9.82. The van der Waals surface area contributed by atoms with Crippen LogP contribution in [0.4, 0.5) is 4.39 Å². The van der Waals surface area contributed by atoms with Gasteiger partial charge < -0.3 is 9.67 Å². The van der Waals surface area contributed by atoms with Crippen LogP contribution in [0.1, 0.15) is 24.8 Å². The fourth-order valence-electron chi connectivity index (χ4n) is 2.25. The summed E-state index contributed by atoms with van der Waals surface area (Å²) in [6, 6.07) is 6.36. The van der Waals surface area contributed by atoms with Crippen molar-refractivity contribution in [1.82, 2.24) is 9.55 Å². The van der Waals surface area contributed by atoms with Crippen LogP contribution in [0, 0.1) is 5.82 Å². The zero-order chi connectivity index (χ0) is 11.8. The second-order valence-corrected chi connectivity index (χ2v) is 4.35. The van der Waals surface area contributed by atoms with Crippen molar-refractivity contribution in [2.45, 2.75) is 25.5 Å². The van der Waals surface area contributed by atoms with Crippen LogP contribution < -0.4 is 0 Å².